The molecule has 16 heavy (non-hydrogen) atoms. The maximum Gasteiger partial charge on any atom is 0.124 e. The van der Waals surface area contributed by atoms with E-state index in [1.165, 1.54) is 12.1 Å². The molecule has 1 rings (SSSR count). The van der Waals surface area contributed by atoms with Crippen LogP contribution in [0.1, 0.15) is 39.5 Å². The number of nitrogens with one attached hydrogen (secondary N) is 1. The molecule has 0 saturated heterocycles. The minimum atomic E-state index is -0.293. The highest BCUT2D eigenvalue weighted by molar-refractivity contribution is 6.33. The Bertz CT molecular complexity index is 322. The predicted octanol–water partition coefficient (Wildman–Crippen LogP) is 4.86. The summed E-state index contributed by atoms with van der Waals surface area (Å²) in [6.45, 7) is 4.33. The van der Waals surface area contributed by atoms with Crippen LogP contribution in [0.4, 0.5) is 10.1 Å². The van der Waals surface area contributed by atoms with E-state index >= 15 is 0 Å². The molecule has 1 N–H and O–H groups in total. The minimum absolute atomic E-state index is 0.293. The first-order chi connectivity index (χ1) is 7.67. The molecule has 0 spiro atoms. The van der Waals surface area contributed by atoms with Crippen molar-refractivity contribution in [1.82, 2.24) is 0 Å². The van der Waals surface area contributed by atoms with Gasteiger partial charge in [0.25, 0.3) is 0 Å². The SMILES string of the molecule is CCCC(CCC)Nc1ccc(F)cc1Cl. The van der Waals surface area contributed by atoms with Gasteiger partial charge < -0.3 is 5.32 Å². The van der Waals surface area contributed by atoms with E-state index in [0.29, 0.717) is 11.1 Å². The average molecular weight is 244 g/mol. The van der Waals surface area contributed by atoms with Gasteiger partial charge in [-0.2, -0.15) is 0 Å². The number of hydrogen-bond donors (Lipinski definition) is 1. The highest BCUT2D eigenvalue weighted by Gasteiger charge is 2.09. The third-order valence-electron chi connectivity index (χ3n) is 2.57. The van der Waals surface area contributed by atoms with Gasteiger partial charge in [0, 0.05) is 6.04 Å². The molecule has 0 heterocycles. The van der Waals surface area contributed by atoms with E-state index in [0.717, 1.165) is 31.4 Å². The van der Waals surface area contributed by atoms with Crippen LogP contribution in [0.2, 0.25) is 5.02 Å². The summed E-state index contributed by atoms with van der Waals surface area (Å²) in [5, 5.41) is 3.83. The molecule has 0 aliphatic heterocycles. The summed E-state index contributed by atoms with van der Waals surface area (Å²) in [6.07, 6.45) is 4.50. The Morgan fingerprint density at radius 3 is 2.38 bits per heavy atom. The number of anilines is 1. The van der Waals surface area contributed by atoms with Gasteiger partial charge in [0.15, 0.2) is 0 Å². The Morgan fingerprint density at radius 1 is 1.25 bits per heavy atom. The van der Waals surface area contributed by atoms with Crippen LogP contribution < -0.4 is 5.32 Å². The smallest absolute Gasteiger partial charge is 0.124 e. The van der Waals surface area contributed by atoms with Gasteiger partial charge in [-0.15, -0.1) is 0 Å². The average Bonchev–Trinajstić information content (AvgIpc) is 2.23. The van der Waals surface area contributed by atoms with Crippen molar-refractivity contribution in [3.63, 3.8) is 0 Å². The molecule has 0 bridgehead atoms. The normalized spacial score (nSPS) is 10.8. The molecule has 0 atom stereocenters. The molecule has 90 valence electrons. The van der Waals surface area contributed by atoms with Crippen LogP contribution in [0.15, 0.2) is 18.2 Å². The monoisotopic (exact) mass is 243 g/mol. The second-order valence-corrected chi connectivity index (χ2v) is 4.45. The first-order valence-electron chi connectivity index (χ1n) is 5.89. The molecule has 0 aliphatic carbocycles. The van der Waals surface area contributed by atoms with E-state index in [-0.39, 0.29) is 5.82 Å². The van der Waals surface area contributed by atoms with Gasteiger partial charge in [-0.3, -0.25) is 0 Å². The second-order valence-electron chi connectivity index (χ2n) is 4.04. The molecule has 0 amide bonds. The zero-order valence-electron chi connectivity index (χ0n) is 9.89. The highest BCUT2D eigenvalue weighted by Crippen LogP contribution is 2.24. The van der Waals surface area contributed by atoms with E-state index < -0.39 is 0 Å². The Hall–Kier alpha value is -0.760. The van der Waals surface area contributed by atoms with Gasteiger partial charge in [-0.05, 0) is 31.0 Å². The number of hydrogen-bond acceptors (Lipinski definition) is 1. The quantitative estimate of drug-likeness (QED) is 0.752. The lowest BCUT2D eigenvalue weighted by Crippen LogP contribution is -2.19. The van der Waals surface area contributed by atoms with E-state index in [2.05, 4.69) is 19.2 Å². The molecule has 0 aromatic heterocycles. The minimum Gasteiger partial charge on any atom is -0.381 e. The fourth-order valence-electron chi connectivity index (χ4n) is 1.81. The Morgan fingerprint density at radius 2 is 1.88 bits per heavy atom. The topological polar surface area (TPSA) is 12.0 Å². The van der Waals surface area contributed by atoms with Crippen molar-refractivity contribution in [3.8, 4) is 0 Å². The van der Waals surface area contributed by atoms with Gasteiger partial charge in [-0.25, -0.2) is 4.39 Å². The van der Waals surface area contributed by atoms with Crippen LogP contribution in [0.25, 0.3) is 0 Å². The van der Waals surface area contributed by atoms with Gasteiger partial charge in [0.2, 0.25) is 0 Å². The molecular weight excluding hydrogens is 225 g/mol. The summed E-state index contributed by atoms with van der Waals surface area (Å²) in [7, 11) is 0. The zero-order valence-corrected chi connectivity index (χ0v) is 10.6. The molecule has 3 heteroatoms. The summed E-state index contributed by atoms with van der Waals surface area (Å²) < 4.78 is 12.9. The van der Waals surface area contributed by atoms with Crippen molar-refractivity contribution in [2.75, 3.05) is 5.32 Å². The van der Waals surface area contributed by atoms with Crippen LogP contribution in [-0.2, 0) is 0 Å². The Balaban J connectivity index is 2.68. The molecule has 0 aliphatic rings. The van der Waals surface area contributed by atoms with Crippen molar-refractivity contribution in [3.05, 3.63) is 29.0 Å². The summed E-state index contributed by atoms with van der Waals surface area (Å²) in [4.78, 5) is 0. The highest BCUT2D eigenvalue weighted by atomic mass is 35.5. The molecule has 1 nitrogen and oxygen atoms in total. The largest absolute Gasteiger partial charge is 0.381 e. The molecule has 1 aromatic rings. The molecule has 0 saturated carbocycles. The van der Waals surface area contributed by atoms with Crippen molar-refractivity contribution >= 4 is 17.3 Å². The van der Waals surface area contributed by atoms with Gasteiger partial charge in [0.05, 0.1) is 10.7 Å². The van der Waals surface area contributed by atoms with E-state index in [1.54, 1.807) is 6.07 Å². The number of benzene rings is 1. The fraction of sp³-hybridized carbons (Fsp3) is 0.538. The van der Waals surface area contributed by atoms with Crippen LogP contribution >= 0.6 is 11.6 Å². The second kappa shape index (κ2) is 6.74. The third kappa shape index (κ3) is 4.01. The van der Waals surface area contributed by atoms with E-state index in [1.807, 2.05) is 0 Å². The lowest BCUT2D eigenvalue weighted by Gasteiger charge is -2.19. The maximum atomic E-state index is 12.9. The molecule has 1 aromatic carbocycles. The fourth-order valence-corrected chi connectivity index (χ4v) is 2.03. The Labute approximate surface area is 102 Å². The molecule has 0 radical (unpaired) electrons. The van der Waals surface area contributed by atoms with Gasteiger partial charge >= 0.3 is 0 Å². The van der Waals surface area contributed by atoms with Crippen LogP contribution in [0, 0.1) is 5.82 Å². The summed E-state index contributed by atoms with van der Waals surface area (Å²) >= 11 is 5.97. The van der Waals surface area contributed by atoms with E-state index in [9.17, 15) is 4.39 Å². The first-order valence-corrected chi connectivity index (χ1v) is 6.26. The lowest BCUT2D eigenvalue weighted by molar-refractivity contribution is 0.585. The third-order valence-corrected chi connectivity index (χ3v) is 2.88. The van der Waals surface area contributed by atoms with Crippen molar-refractivity contribution in [1.29, 1.82) is 0 Å². The maximum absolute atomic E-state index is 12.9. The number of halogens is 2. The number of rotatable bonds is 6. The van der Waals surface area contributed by atoms with Crippen molar-refractivity contribution in [2.45, 2.75) is 45.6 Å². The van der Waals surface area contributed by atoms with Crippen LogP contribution in [0.5, 0.6) is 0 Å². The van der Waals surface area contributed by atoms with Gasteiger partial charge in [-0.1, -0.05) is 38.3 Å². The Kier molecular flexibility index (Phi) is 5.61. The zero-order chi connectivity index (χ0) is 12.0. The molecule has 0 unspecified atom stereocenters. The summed E-state index contributed by atoms with van der Waals surface area (Å²) in [5.41, 5.74) is 0.829. The predicted molar refractivity (Wildman–Crippen MR) is 68.6 cm³/mol. The van der Waals surface area contributed by atoms with Crippen molar-refractivity contribution < 1.29 is 4.39 Å². The van der Waals surface area contributed by atoms with E-state index in [4.69, 9.17) is 11.6 Å². The van der Waals surface area contributed by atoms with Crippen LogP contribution in [-0.4, -0.2) is 6.04 Å². The van der Waals surface area contributed by atoms with Gasteiger partial charge in [0.1, 0.15) is 5.82 Å². The summed E-state index contributed by atoms with van der Waals surface area (Å²) in [5.74, 6) is -0.293. The molecule has 0 fully saturated rings. The lowest BCUT2D eigenvalue weighted by atomic mass is 10.1. The summed E-state index contributed by atoms with van der Waals surface area (Å²) in [6, 6.07) is 4.91. The standard InChI is InChI=1S/C13H19ClFN/c1-3-5-11(6-4-2)16-13-8-7-10(15)9-12(13)14/h7-9,11,16H,3-6H2,1-2H3. The molecular formula is C13H19ClFN. The first kappa shape index (κ1) is 13.3. The van der Waals surface area contributed by atoms with Crippen LogP contribution in [0.3, 0.4) is 0 Å². The van der Waals surface area contributed by atoms with Crippen molar-refractivity contribution in [2.24, 2.45) is 0 Å².